The average Bonchev–Trinajstić information content (AvgIpc) is 3.23. The monoisotopic (exact) mass is 531 g/mol. The maximum absolute atomic E-state index is 11.6. The van der Waals surface area contributed by atoms with Crippen molar-refractivity contribution >= 4 is 51.2 Å². The van der Waals surface area contributed by atoms with Crippen LogP contribution >= 0.6 is 23.4 Å². The summed E-state index contributed by atoms with van der Waals surface area (Å²) in [6.45, 7) is 0. The Morgan fingerprint density at radius 3 is 2.43 bits per heavy atom. The highest BCUT2D eigenvalue weighted by atomic mass is 35.5. The van der Waals surface area contributed by atoms with Crippen molar-refractivity contribution < 1.29 is 9.85 Å². The normalized spacial score (nSPS) is 24.2. The molecule has 1 fully saturated rings. The number of non-ortho nitro benzene ring substituents is 1. The van der Waals surface area contributed by atoms with Gasteiger partial charge in [-0.3, -0.25) is 20.2 Å². The molecule has 0 aromatic heterocycles. The van der Waals surface area contributed by atoms with Crippen LogP contribution in [0.25, 0.3) is 10.8 Å². The van der Waals surface area contributed by atoms with Gasteiger partial charge in [0.1, 0.15) is 0 Å². The standard InChI is InChI=1S/C28H22ClN3O4S/c29-27-25(37-24-11-4-3-10-23(24)32(35)36)15-21-26(27)20-14-17(31(33)34)12-13-22(20)30-28(21)19-9-5-7-16-6-1-2-8-18(16)19/h1-14,21,25-28,30H,15H2/t21-,25+,26-,27+,28-/m0/s1. The fourth-order valence-corrected chi connectivity index (χ4v) is 7.86. The second kappa shape index (κ2) is 9.36. The topological polar surface area (TPSA) is 98.3 Å². The summed E-state index contributed by atoms with van der Waals surface area (Å²) in [6.07, 6.45) is 0.707. The maximum atomic E-state index is 11.6. The largest absolute Gasteiger partial charge is 0.378 e. The smallest absolute Gasteiger partial charge is 0.282 e. The van der Waals surface area contributed by atoms with Crippen LogP contribution in [0.3, 0.4) is 0 Å². The van der Waals surface area contributed by atoms with Crippen LogP contribution in [0.5, 0.6) is 0 Å². The number of rotatable bonds is 5. The van der Waals surface area contributed by atoms with Crippen molar-refractivity contribution in [2.75, 3.05) is 5.32 Å². The van der Waals surface area contributed by atoms with Crippen molar-refractivity contribution in [2.45, 2.75) is 33.9 Å². The number of nitrogens with zero attached hydrogens (tertiary/aromatic N) is 2. The molecule has 0 radical (unpaired) electrons. The lowest BCUT2D eigenvalue weighted by Crippen LogP contribution is -2.31. The second-order valence-corrected chi connectivity index (χ2v) is 11.3. The molecule has 1 saturated carbocycles. The lowest BCUT2D eigenvalue weighted by atomic mass is 9.76. The van der Waals surface area contributed by atoms with Crippen molar-refractivity contribution in [1.29, 1.82) is 0 Å². The molecule has 7 nitrogen and oxygen atoms in total. The van der Waals surface area contributed by atoms with E-state index in [1.54, 1.807) is 30.3 Å². The van der Waals surface area contributed by atoms with Gasteiger partial charge in [0.25, 0.3) is 11.4 Å². The molecule has 2 aliphatic rings. The Labute approximate surface area is 222 Å². The van der Waals surface area contributed by atoms with Crippen molar-refractivity contribution in [2.24, 2.45) is 5.92 Å². The third-order valence-corrected chi connectivity index (χ3v) is 9.62. The summed E-state index contributed by atoms with van der Waals surface area (Å²) in [4.78, 5) is 23.0. The molecule has 1 heterocycles. The molecular weight excluding hydrogens is 510 g/mol. The summed E-state index contributed by atoms with van der Waals surface area (Å²) in [6, 6.07) is 26.1. The highest BCUT2D eigenvalue weighted by Crippen LogP contribution is 2.58. The molecule has 4 aromatic rings. The van der Waals surface area contributed by atoms with E-state index in [9.17, 15) is 20.2 Å². The van der Waals surface area contributed by atoms with Crippen LogP contribution in [0.2, 0.25) is 0 Å². The minimum atomic E-state index is -0.385. The molecule has 186 valence electrons. The van der Waals surface area contributed by atoms with Crippen molar-refractivity contribution in [1.82, 2.24) is 0 Å². The van der Waals surface area contributed by atoms with E-state index >= 15 is 0 Å². The van der Waals surface area contributed by atoms with Crippen LogP contribution in [-0.4, -0.2) is 20.5 Å². The Hall–Kier alpha value is -3.62. The van der Waals surface area contributed by atoms with Crippen LogP contribution < -0.4 is 5.32 Å². The SMILES string of the molecule is O=[N+]([O-])c1ccc2c(c1)[C@@H]1[C@H](Cl)[C@H](Sc3ccccc3[N+](=O)[O-])C[C@@H]1[C@H](c1cccc3ccccc13)N2. The highest BCUT2D eigenvalue weighted by Gasteiger charge is 2.51. The molecule has 1 aliphatic carbocycles. The summed E-state index contributed by atoms with van der Waals surface area (Å²) < 4.78 is 0. The van der Waals surface area contributed by atoms with Crippen molar-refractivity contribution in [3.63, 3.8) is 0 Å². The van der Waals surface area contributed by atoms with Gasteiger partial charge in [-0.2, -0.15) is 0 Å². The first kappa shape index (κ1) is 23.8. The van der Waals surface area contributed by atoms with E-state index in [0.717, 1.165) is 27.6 Å². The van der Waals surface area contributed by atoms with E-state index in [-0.39, 0.29) is 49.7 Å². The van der Waals surface area contributed by atoms with Gasteiger partial charge in [0.15, 0.2) is 0 Å². The molecular formula is C28H22ClN3O4S. The van der Waals surface area contributed by atoms with Crippen LogP contribution in [-0.2, 0) is 0 Å². The molecule has 1 aliphatic heterocycles. The molecule has 6 rings (SSSR count). The Balaban J connectivity index is 1.46. The zero-order valence-electron chi connectivity index (χ0n) is 19.5. The van der Waals surface area contributed by atoms with E-state index in [2.05, 4.69) is 29.6 Å². The number of alkyl halides is 1. The van der Waals surface area contributed by atoms with Crippen molar-refractivity contribution in [3.05, 3.63) is 116 Å². The molecule has 9 heteroatoms. The number of nitro benzene ring substituents is 2. The van der Waals surface area contributed by atoms with E-state index in [1.165, 1.54) is 23.9 Å². The molecule has 1 N–H and O–H groups in total. The van der Waals surface area contributed by atoms with Crippen LogP contribution in [0.1, 0.15) is 29.5 Å². The quantitative estimate of drug-likeness (QED) is 0.161. The molecule has 0 unspecified atom stereocenters. The predicted molar refractivity (Wildman–Crippen MR) is 147 cm³/mol. The fraction of sp³-hybridized carbons (Fsp3) is 0.214. The van der Waals surface area contributed by atoms with Crippen molar-refractivity contribution in [3.8, 4) is 0 Å². The van der Waals surface area contributed by atoms with E-state index < -0.39 is 0 Å². The number of para-hydroxylation sites is 1. The molecule has 0 bridgehead atoms. The number of fused-ring (bicyclic) bond motifs is 4. The minimum Gasteiger partial charge on any atom is -0.378 e. The Morgan fingerprint density at radius 1 is 0.865 bits per heavy atom. The molecule has 37 heavy (non-hydrogen) atoms. The third-order valence-electron chi connectivity index (χ3n) is 7.51. The number of halogens is 1. The Bertz CT molecular complexity index is 1540. The molecule has 0 spiro atoms. The summed E-state index contributed by atoms with van der Waals surface area (Å²) in [5.74, 6) is -0.106. The summed E-state index contributed by atoms with van der Waals surface area (Å²) in [7, 11) is 0. The van der Waals surface area contributed by atoms with Gasteiger partial charge in [-0.25, -0.2) is 0 Å². The maximum Gasteiger partial charge on any atom is 0.282 e. The van der Waals surface area contributed by atoms with Gasteiger partial charge in [-0.1, -0.05) is 54.6 Å². The Kier molecular flexibility index (Phi) is 6.01. The summed E-state index contributed by atoms with van der Waals surface area (Å²) in [5, 5.41) is 28.7. The number of anilines is 1. The fourth-order valence-electron chi connectivity index (χ4n) is 5.92. The van der Waals surface area contributed by atoms with Gasteiger partial charge in [0.05, 0.1) is 26.2 Å². The third kappa shape index (κ3) is 4.10. The van der Waals surface area contributed by atoms with Gasteiger partial charge >= 0.3 is 0 Å². The van der Waals surface area contributed by atoms with Gasteiger partial charge in [-0.05, 0) is 46.4 Å². The van der Waals surface area contributed by atoms with E-state index in [4.69, 9.17) is 11.6 Å². The average molecular weight is 532 g/mol. The highest BCUT2D eigenvalue weighted by molar-refractivity contribution is 8.00. The minimum absolute atomic E-state index is 0.0292. The predicted octanol–water partition coefficient (Wildman–Crippen LogP) is 7.69. The number of nitro groups is 2. The lowest BCUT2D eigenvalue weighted by Gasteiger charge is -2.38. The summed E-state index contributed by atoms with van der Waals surface area (Å²) >= 11 is 8.61. The number of thioether (sulfide) groups is 1. The number of hydrogen-bond acceptors (Lipinski definition) is 6. The first-order chi connectivity index (χ1) is 17.9. The van der Waals surface area contributed by atoms with Gasteiger partial charge in [-0.15, -0.1) is 23.4 Å². The number of benzene rings is 4. The zero-order chi connectivity index (χ0) is 25.7. The van der Waals surface area contributed by atoms with Crippen LogP contribution in [0, 0.1) is 26.1 Å². The van der Waals surface area contributed by atoms with Gasteiger partial charge in [0, 0.05) is 35.1 Å². The van der Waals surface area contributed by atoms with E-state index in [0.29, 0.717) is 11.3 Å². The van der Waals surface area contributed by atoms with Crippen LogP contribution in [0.4, 0.5) is 17.1 Å². The Morgan fingerprint density at radius 2 is 1.62 bits per heavy atom. The first-order valence-electron chi connectivity index (χ1n) is 12.0. The van der Waals surface area contributed by atoms with Crippen LogP contribution in [0.15, 0.2) is 89.8 Å². The summed E-state index contributed by atoms with van der Waals surface area (Å²) in [5.41, 5.74) is 2.91. The second-order valence-electron chi connectivity index (χ2n) is 9.47. The lowest BCUT2D eigenvalue weighted by molar-refractivity contribution is -0.387. The van der Waals surface area contributed by atoms with Gasteiger partial charge in [0.2, 0.25) is 0 Å². The molecule has 4 aromatic carbocycles. The molecule has 0 amide bonds. The first-order valence-corrected chi connectivity index (χ1v) is 13.3. The molecule has 0 saturated heterocycles. The van der Waals surface area contributed by atoms with E-state index in [1.807, 2.05) is 18.2 Å². The number of nitrogens with one attached hydrogen (secondary N) is 1. The molecule has 5 atom stereocenters. The number of hydrogen-bond donors (Lipinski definition) is 1. The zero-order valence-corrected chi connectivity index (χ0v) is 21.1. The van der Waals surface area contributed by atoms with Gasteiger partial charge < -0.3 is 5.32 Å².